The summed E-state index contributed by atoms with van der Waals surface area (Å²) in [6.45, 7) is 0.791. The first kappa shape index (κ1) is 14.9. The summed E-state index contributed by atoms with van der Waals surface area (Å²) in [6.07, 6.45) is 6.55. The van der Waals surface area contributed by atoms with Gasteiger partial charge in [-0.2, -0.15) is 0 Å². The van der Waals surface area contributed by atoms with E-state index in [2.05, 4.69) is 47.8 Å². The number of hydrogen-bond acceptors (Lipinski definition) is 1. The van der Waals surface area contributed by atoms with Gasteiger partial charge in [0.25, 0.3) is 0 Å². The third-order valence-electron chi connectivity index (χ3n) is 3.64. The van der Waals surface area contributed by atoms with Crippen LogP contribution in [0.3, 0.4) is 0 Å². The van der Waals surface area contributed by atoms with E-state index in [9.17, 15) is 0 Å². The van der Waals surface area contributed by atoms with E-state index in [1.807, 2.05) is 18.2 Å². The van der Waals surface area contributed by atoms with Crippen molar-refractivity contribution in [2.24, 2.45) is 5.41 Å². The predicted molar refractivity (Wildman–Crippen MR) is 86.6 cm³/mol. The third kappa shape index (κ3) is 3.51. The summed E-state index contributed by atoms with van der Waals surface area (Å²) >= 11 is 10.8. The highest BCUT2D eigenvalue weighted by atomic mass is 79.9. The van der Waals surface area contributed by atoms with Crippen molar-refractivity contribution in [3.63, 3.8) is 0 Å². The average Bonchev–Trinajstić information content (AvgIpc) is 2.39. The Balaban J connectivity index is 2.05. The standard InChI is InChI=1S/C14H17Br3O/c15-9-14(7-2-1-3-8-14)10-18-13-11(16)5-4-6-12(13)17/h4-6H,1-3,7-10H2. The molecule has 1 saturated carbocycles. The monoisotopic (exact) mass is 438 g/mol. The van der Waals surface area contributed by atoms with Gasteiger partial charge in [0.1, 0.15) is 5.75 Å². The second-order valence-corrected chi connectivity index (χ2v) is 7.30. The molecule has 18 heavy (non-hydrogen) atoms. The molecule has 0 bridgehead atoms. The van der Waals surface area contributed by atoms with Gasteiger partial charge in [-0.3, -0.25) is 0 Å². The fourth-order valence-electron chi connectivity index (χ4n) is 2.46. The maximum atomic E-state index is 6.08. The lowest BCUT2D eigenvalue weighted by atomic mass is 9.76. The van der Waals surface area contributed by atoms with Crippen LogP contribution in [-0.4, -0.2) is 11.9 Å². The zero-order valence-corrected chi connectivity index (χ0v) is 15.0. The Morgan fingerprint density at radius 1 is 1.06 bits per heavy atom. The fourth-order valence-corrected chi connectivity index (χ4v) is 4.41. The Morgan fingerprint density at radius 2 is 1.67 bits per heavy atom. The van der Waals surface area contributed by atoms with Crippen molar-refractivity contribution in [2.45, 2.75) is 32.1 Å². The minimum absolute atomic E-state index is 0.312. The maximum Gasteiger partial charge on any atom is 0.147 e. The predicted octanol–water partition coefficient (Wildman–Crippen LogP) is 5.94. The van der Waals surface area contributed by atoms with Crippen LogP contribution in [0.15, 0.2) is 27.1 Å². The number of rotatable bonds is 4. The topological polar surface area (TPSA) is 9.23 Å². The van der Waals surface area contributed by atoms with Gasteiger partial charge in [0.05, 0.1) is 15.6 Å². The quantitative estimate of drug-likeness (QED) is 0.527. The van der Waals surface area contributed by atoms with Crippen molar-refractivity contribution in [3.8, 4) is 5.75 Å². The van der Waals surface area contributed by atoms with Gasteiger partial charge in [-0.15, -0.1) is 0 Å². The van der Waals surface area contributed by atoms with E-state index in [4.69, 9.17) is 4.74 Å². The van der Waals surface area contributed by atoms with Gasteiger partial charge in [0.15, 0.2) is 0 Å². The van der Waals surface area contributed by atoms with Crippen molar-refractivity contribution >= 4 is 47.8 Å². The molecular formula is C14H17Br3O. The van der Waals surface area contributed by atoms with Crippen molar-refractivity contribution in [3.05, 3.63) is 27.1 Å². The highest BCUT2D eigenvalue weighted by Gasteiger charge is 2.32. The zero-order chi connectivity index (χ0) is 13.0. The first-order valence-corrected chi connectivity index (χ1v) is 9.00. The summed E-state index contributed by atoms with van der Waals surface area (Å²) in [5.74, 6) is 0.920. The molecule has 0 unspecified atom stereocenters. The average molecular weight is 441 g/mol. The molecule has 1 fully saturated rings. The lowest BCUT2D eigenvalue weighted by Crippen LogP contribution is -2.32. The van der Waals surface area contributed by atoms with Crippen LogP contribution in [0.4, 0.5) is 0 Å². The highest BCUT2D eigenvalue weighted by molar-refractivity contribution is 9.11. The largest absolute Gasteiger partial charge is 0.491 e. The molecule has 1 nitrogen and oxygen atoms in total. The van der Waals surface area contributed by atoms with Gasteiger partial charge in [-0.25, -0.2) is 0 Å². The van der Waals surface area contributed by atoms with Crippen LogP contribution in [-0.2, 0) is 0 Å². The Labute approximate surface area is 134 Å². The van der Waals surface area contributed by atoms with Crippen LogP contribution < -0.4 is 4.74 Å². The Hall–Kier alpha value is 0.460. The van der Waals surface area contributed by atoms with Gasteiger partial charge < -0.3 is 4.74 Å². The zero-order valence-electron chi connectivity index (χ0n) is 10.2. The first-order valence-electron chi connectivity index (χ1n) is 6.30. The lowest BCUT2D eigenvalue weighted by molar-refractivity contribution is 0.121. The summed E-state index contributed by atoms with van der Waals surface area (Å²) in [6, 6.07) is 6.03. The van der Waals surface area contributed by atoms with E-state index in [1.165, 1.54) is 32.1 Å². The molecule has 1 aromatic carbocycles. The molecule has 1 aromatic rings. The van der Waals surface area contributed by atoms with Crippen LogP contribution in [0.25, 0.3) is 0 Å². The van der Waals surface area contributed by atoms with E-state index in [-0.39, 0.29) is 0 Å². The molecule has 0 aromatic heterocycles. The van der Waals surface area contributed by atoms with E-state index in [0.717, 1.165) is 26.6 Å². The summed E-state index contributed by atoms with van der Waals surface area (Å²) in [5, 5.41) is 1.03. The third-order valence-corrected chi connectivity index (χ3v) is 6.08. The molecule has 1 aliphatic carbocycles. The minimum Gasteiger partial charge on any atom is -0.491 e. The van der Waals surface area contributed by atoms with Gasteiger partial charge >= 0.3 is 0 Å². The second kappa shape index (κ2) is 6.76. The van der Waals surface area contributed by atoms with Gasteiger partial charge in [-0.05, 0) is 56.8 Å². The highest BCUT2D eigenvalue weighted by Crippen LogP contribution is 2.40. The molecule has 0 aliphatic heterocycles. The molecule has 0 heterocycles. The van der Waals surface area contributed by atoms with Gasteiger partial charge in [-0.1, -0.05) is 41.3 Å². The summed E-state index contributed by atoms with van der Waals surface area (Å²) in [7, 11) is 0. The minimum atomic E-state index is 0.312. The Bertz CT molecular complexity index is 380. The van der Waals surface area contributed by atoms with Gasteiger partial charge in [0.2, 0.25) is 0 Å². The van der Waals surface area contributed by atoms with Crippen LogP contribution in [0.5, 0.6) is 5.75 Å². The van der Waals surface area contributed by atoms with Gasteiger partial charge in [0, 0.05) is 10.7 Å². The number of alkyl halides is 1. The van der Waals surface area contributed by atoms with E-state index in [1.54, 1.807) is 0 Å². The number of ether oxygens (including phenoxy) is 1. The molecule has 0 radical (unpaired) electrons. The van der Waals surface area contributed by atoms with E-state index >= 15 is 0 Å². The van der Waals surface area contributed by atoms with Crippen LogP contribution >= 0.6 is 47.8 Å². The molecular weight excluding hydrogens is 424 g/mol. The first-order chi connectivity index (χ1) is 8.67. The molecule has 4 heteroatoms. The molecule has 2 rings (SSSR count). The Morgan fingerprint density at radius 3 is 2.22 bits per heavy atom. The van der Waals surface area contributed by atoms with Crippen LogP contribution in [0.2, 0.25) is 0 Å². The molecule has 0 saturated heterocycles. The van der Waals surface area contributed by atoms with Crippen molar-refractivity contribution in [1.29, 1.82) is 0 Å². The summed E-state index contributed by atoms with van der Waals surface area (Å²) in [4.78, 5) is 0. The normalized spacial score (nSPS) is 18.6. The van der Waals surface area contributed by atoms with Crippen LogP contribution in [0.1, 0.15) is 32.1 Å². The summed E-state index contributed by atoms with van der Waals surface area (Å²) in [5.41, 5.74) is 0.312. The van der Waals surface area contributed by atoms with Crippen molar-refractivity contribution < 1.29 is 4.74 Å². The second-order valence-electron chi connectivity index (χ2n) is 5.03. The molecule has 100 valence electrons. The van der Waals surface area contributed by atoms with E-state index in [0.29, 0.717) is 5.41 Å². The Kier molecular flexibility index (Phi) is 5.58. The molecule has 0 atom stereocenters. The summed E-state index contributed by atoms with van der Waals surface area (Å²) < 4.78 is 8.10. The lowest BCUT2D eigenvalue weighted by Gasteiger charge is -2.35. The maximum absolute atomic E-state index is 6.08. The number of benzene rings is 1. The molecule has 0 spiro atoms. The fraction of sp³-hybridized carbons (Fsp3) is 0.571. The number of hydrogen-bond donors (Lipinski definition) is 0. The van der Waals surface area contributed by atoms with Crippen molar-refractivity contribution in [2.75, 3.05) is 11.9 Å². The number of para-hydroxylation sites is 1. The molecule has 0 amide bonds. The van der Waals surface area contributed by atoms with E-state index < -0.39 is 0 Å². The molecule has 1 aliphatic rings. The van der Waals surface area contributed by atoms with Crippen LogP contribution in [0, 0.1) is 5.41 Å². The number of halogens is 3. The van der Waals surface area contributed by atoms with Crippen molar-refractivity contribution in [1.82, 2.24) is 0 Å². The molecule has 0 N–H and O–H groups in total. The smallest absolute Gasteiger partial charge is 0.147 e. The SMILES string of the molecule is BrCC1(COc2c(Br)cccc2Br)CCCCC1.